The van der Waals surface area contributed by atoms with E-state index in [4.69, 9.17) is 4.74 Å². The third-order valence-electron chi connectivity index (χ3n) is 4.67. The van der Waals surface area contributed by atoms with Gasteiger partial charge in [-0.25, -0.2) is 8.42 Å². The Morgan fingerprint density at radius 1 is 1.00 bits per heavy atom. The normalized spacial score (nSPS) is 11.1. The molecule has 168 valence electrons. The van der Waals surface area contributed by atoms with Crippen LogP contribution in [0.3, 0.4) is 0 Å². The maximum absolute atomic E-state index is 13.3. The van der Waals surface area contributed by atoms with Crippen LogP contribution in [-0.2, 0) is 14.8 Å². The van der Waals surface area contributed by atoms with Crippen LogP contribution in [0.1, 0.15) is 5.56 Å². The summed E-state index contributed by atoms with van der Waals surface area (Å²) < 4.78 is 33.0. The van der Waals surface area contributed by atoms with Crippen molar-refractivity contribution < 1.29 is 17.9 Å². The number of benzene rings is 3. The molecule has 3 rings (SSSR count). The van der Waals surface area contributed by atoms with Crippen molar-refractivity contribution in [1.29, 1.82) is 0 Å². The van der Waals surface area contributed by atoms with Crippen molar-refractivity contribution in [3.05, 3.63) is 84.4 Å². The van der Waals surface area contributed by atoms with Crippen LogP contribution in [0.25, 0.3) is 0 Å². The number of nitrogens with zero attached hydrogens (tertiary/aromatic N) is 1. The topological polar surface area (TPSA) is 75.7 Å². The number of amides is 1. The van der Waals surface area contributed by atoms with Gasteiger partial charge < -0.3 is 10.1 Å². The van der Waals surface area contributed by atoms with Crippen LogP contribution in [-0.4, -0.2) is 40.3 Å². The first kappa shape index (κ1) is 23.7. The van der Waals surface area contributed by atoms with E-state index in [0.29, 0.717) is 23.7 Å². The predicted octanol–water partition coefficient (Wildman–Crippen LogP) is 4.11. The van der Waals surface area contributed by atoms with E-state index in [2.05, 4.69) is 5.32 Å². The van der Waals surface area contributed by atoms with E-state index in [-0.39, 0.29) is 17.3 Å². The van der Waals surface area contributed by atoms with Crippen molar-refractivity contribution in [2.45, 2.75) is 16.7 Å². The highest BCUT2D eigenvalue weighted by molar-refractivity contribution is 7.99. The predicted molar refractivity (Wildman–Crippen MR) is 129 cm³/mol. The van der Waals surface area contributed by atoms with E-state index < -0.39 is 10.0 Å². The molecule has 0 aliphatic carbocycles. The third kappa shape index (κ3) is 6.27. The highest BCUT2D eigenvalue weighted by Gasteiger charge is 2.27. The molecule has 1 amide bonds. The van der Waals surface area contributed by atoms with Crippen LogP contribution in [0.2, 0.25) is 0 Å². The monoisotopic (exact) mass is 470 g/mol. The van der Waals surface area contributed by atoms with Gasteiger partial charge >= 0.3 is 0 Å². The molecule has 0 atom stereocenters. The first-order valence-corrected chi connectivity index (χ1v) is 12.5. The molecule has 0 radical (unpaired) electrons. The van der Waals surface area contributed by atoms with Gasteiger partial charge in [0.15, 0.2) is 0 Å². The fraction of sp³-hybridized carbons (Fsp3) is 0.208. The summed E-state index contributed by atoms with van der Waals surface area (Å²) >= 11 is 1.63. The van der Waals surface area contributed by atoms with E-state index in [1.54, 1.807) is 54.2 Å². The molecule has 0 unspecified atom stereocenters. The average Bonchev–Trinajstić information content (AvgIpc) is 2.82. The molecule has 0 bridgehead atoms. The fourth-order valence-electron chi connectivity index (χ4n) is 2.98. The van der Waals surface area contributed by atoms with Crippen LogP contribution in [0, 0.1) is 6.92 Å². The second kappa shape index (κ2) is 11.1. The molecule has 0 spiro atoms. The van der Waals surface area contributed by atoms with Gasteiger partial charge in [0.25, 0.3) is 10.0 Å². The van der Waals surface area contributed by atoms with Crippen LogP contribution >= 0.6 is 11.8 Å². The first-order valence-electron chi connectivity index (χ1n) is 10.1. The minimum Gasteiger partial charge on any atom is -0.497 e. The lowest BCUT2D eigenvalue weighted by atomic mass is 10.2. The number of ether oxygens (including phenoxy) is 1. The summed E-state index contributed by atoms with van der Waals surface area (Å²) in [4.78, 5) is 13.9. The second-order valence-electron chi connectivity index (χ2n) is 7.04. The zero-order valence-corrected chi connectivity index (χ0v) is 19.7. The Hall–Kier alpha value is -2.97. The third-order valence-corrected chi connectivity index (χ3v) is 7.48. The van der Waals surface area contributed by atoms with Crippen LogP contribution in [0.4, 0.5) is 5.69 Å². The van der Waals surface area contributed by atoms with Crippen molar-refractivity contribution in [2.24, 2.45) is 0 Å². The minimum absolute atomic E-state index is 0.116. The standard InChI is InChI=1S/C24H26N2O4S2/c1-19-11-13-22(14-12-19)31-16-15-25-24(27)18-26(20-7-6-8-21(17-20)30-2)32(28,29)23-9-4-3-5-10-23/h3-14,17H,15-16,18H2,1-2H3,(H,25,27). The summed E-state index contributed by atoms with van der Waals surface area (Å²) in [6.07, 6.45) is 0. The van der Waals surface area contributed by atoms with E-state index >= 15 is 0 Å². The summed E-state index contributed by atoms with van der Waals surface area (Å²) in [6, 6.07) is 22.9. The summed E-state index contributed by atoms with van der Waals surface area (Å²) in [5.74, 6) is 0.807. The van der Waals surface area contributed by atoms with Crippen molar-refractivity contribution in [1.82, 2.24) is 5.32 Å². The highest BCUT2D eigenvalue weighted by Crippen LogP contribution is 2.26. The number of nitrogens with one attached hydrogen (secondary N) is 1. The van der Waals surface area contributed by atoms with Crippen molar-refractivity contribution in [3.8, 4) is 5.75 Å². The molecule has 32 heavy (non-hydrogen) atoms. The molecule has 0 saturated carbocycles. The van der Waals surface area contributed by atoms with E-state index in [1.807, 2.05) is 31.2 Å². The first-order chi connectivity index (χ1) is 15.4. The van der Waals surface area contributed by atoms with Gasteiger partial charge in [0.1, 0.15) is 12.3 Å². The number of hydrogen-bond acceptors (Lipinski definition) is 5. The fourth-order valence-corrected chi connectivity index (χ4v) is 5.18. The molecule has 0 aliphatic rings. The Morgan fingerprint density at radius 2 is 1.72 bits per heavy atom. The molecule has 0 fully saturated rings. The van der Waals surface area contributed by atoms with Gasteiger partial charge in [-0.3, -0.25) is 9.10 Å². The van der Waals surface area contributed by atoms with Gasteiger partial charge in [-0.2, -0.15) is 0 Å². The van der Waals surface area contributed by atoms with Crippen molar-refractivity contribution >= 4 is 33.4 Å². The van der Waals surface area contributed by atoms with Crippen LogP contribution in [0.15, 0.2) is 88.7 Å². The Bertz CT molecular complexity index is 1130. The smallest absolute Gasteiger partial charge is 0.264 e. The van der Waals surface area contributed by atoms with Gasteiger partial charge in [0, 0.05) is 23.3 Å². The Labute approximate surface area is 193 Å². The molecule has 0 aromatic heterocycles. The van der Waals surface area contributed by atoms with Gasteiger partial charge in [-0.1, -0.05) is 42.0 Å². The Morgan fingerprint density at radius 3 is 2.41 bits per heavy atom. The quantitative estimate of drug-likeness (QED) is 0.357. The Kier molecular flexibility index (Phi) is 8.19. The zero-order chi connectivity index (χ0) is 23.0. The molecule has 0 aliphatic heterocycles. The molecule has 6 nitrogen and oxygen atoms in total. The largest absolute Gasteiger partial charge is 0.497 e. The lowest BCUT2D eigenvalue weighted by Gasteiger charge is -2.24. The van der Waals surface area contributed by atoms with Gasteiger partial charge in [-0.05, 0) is 43.3 Å². The number of hydrogen-bond donors (Lipinski definition) is 1. The van der Waals surface area contributed by atoms with Crippen molar-refractivity contribution in [2.75, 3.05) is 30.3 Å². The number of sulfonamides is 1. The van der Waals surface area contributed by atoms with E-state index in [0.717, 1.165) is 9.20 Å². The molecule has 8 heteroatoms. The summed E-state index contributed by atoms with van der Waals surface area (Å²) in [6.45, 7) is 2.13. The molecule has 3 aromatic rings. The molecule has 3 aromatic carbocycles. The average molecular weight is 471 g/mol. The summed E-state index contributed by atoms with van der Waals surface area (Å²) in [5.41, 5.74) is 1.55. The summed E-state index contributed by atoms with van der Waals surface area (Å²) in [5, 5.41) is 2.82. The minimum atomic E-state index is -3.94. The molecular weight excluding hydrogens is 444 g/mol. The number of aryl methyl sites for hydroxylation is 1. The SMILES string of the molecule is COc1cccc(N(CC(=O)NCCSc2ccc(C)cc2)S(=O)(=O)c2ccccc2)c1. The number of anilines is 1. The highest BCUT2D eigenvalue weighted by atomic mass is 32.2. The summed E-state index contributed by atoms with van der Waals surface area (Å²) in [7, 11) is -2.43. The lowest BCUT2D eigenvalue weighted by molar-refractivity contribution is -0.119. The van der Waals surface area contributed by atoms with Crippen LogP contribution in [0.5, 0.6) is 5.75 Å². The maximum atomic E-state index is 13.3. The number of rotatable bonds is 10. The zero-order valence-electron chi connectivity index (χ0n) is 18.0. The maximum Gasteiger partial charge on any atom is 0.264 e. The Balaban J connectivity index is 1.70. The molecule has 1 N–H and O–H groups in total. The number of thioether (sulfide) groups is 1. The number of carbonyl (C=O) groups excluding carboxylic acids is 1. The van der Waals surface area contributed by atoms with Gasteiger partial charge in [0.05, 0.1) is 17.7 Å². The number of carbonyl (C=O) groups is 1. The van der Waals surface area contributed by atoms with E-state index in [9.17, 15) is 13.2 Å². The van der Waals surface area contributed by atoms with Gasteiger partial charge in [0.2, 0.25) is 5.91 Å². The van der Waals surface area contributed by atoms with E-state index in [1.165, 1.54) is 24.8 Å². The molecular formula is C24H26N2O4S2. The number of methoxy groups -OCH3 is 1. The van der Waals surface area contributed by atoms with Crippen molar-refractivity contribution in [3.63, 3.8) is 0 Å². The molecule has 0 saturated heterocycles. The molecule has 0 heterocycles. The second-order valence-corrected chi connectivity index (χ2v) is 10.1. The van der Waals surface area contributed by atoms with Crippen LogP contribution < -0.4 is 14.4 Å². The van der Waals surface area contributed by atoms with Gasteiger partial charge in [-0.15, -0.1) is 11.8 Å². The lowest BCUT2D eigenvalue weighted by Crippen LogP contribution is -2.41.